The van der Waals surface area contributed by atoms with Crippen molar-refractivity contribution in [1.29, 1.82) is 0 Å². The molecule has 1 rings (SSSR count). The fourth-order valence-corrected chi connectivity index (χ4v) is 2.66. The molecule has 1 aliphatic rings. The Morgan fingerprint density at radius 1 is 1.38 bits per heavy atom. The lowest BCUT2D eigenvalue weighted by molar-refractivity contribution is 0.317. The second kappa shape index (κ2) is 4.21. The van der Waals surface area contributed by atoms with Crippen molar-refractivity contribution in [3.63, 3.8) is 0 Å². The molecule has 1 saturated carbocycles. The van der Waals surface area contributed by atoms with Gasteiger partial charge in [0.1, 0.15) is 0 Å². The fourth-order valence-electron chi connectivity index (χ4n) is 1.75. The van der Waals surface area contributed by atoms with Crippen LogP contribution in [0.5, 0.6) is 0 Å². The highest BCUT2D eigenvalue weighted by molar-refractivity contribution is 7.73. The zero-order valence-electron chi connectivity index (χ0n) is 8.03. The summed E-state index contributed by atoms with van der Waals surface area (Å²) in [5.74, 6) is 0. The van der Waals surface area contributed by atoms with E-state index in [0.29, 0.717) is 11.3 Å². The van der Waals surface area contributed by atoms with Crippen molar-refractivity contribution in [2.75, 3.05) is 14.1 Å². The molecule has 0 aromatic carbocycles. The first-order valence-electron chi connectivity index (χ1n) is 4.39. The summed E-state index contributed by atoms with van der Waals surface area (Å²) in [4.78, 5) is 2.50. The summed E-state index contributed by atoms with van der Waals surface area (Å²) >= 11 is 0. The average molecular weight is 204 g/mol. The van der Waals surface area contributed by atoms with E-state index in [2.05, 4.69) is 0 Å². The van der Waals surface area contributed by atoms with E-state index in [4.69, 9.17) is 5.73 Å². The third-order valence-corrected chi connectivity index (χ3v) is 3.35. The molecule has 1 fully saturated rings. The monoisotopic (exact) mass is 204 g/mol. The largest absolute Gasteiger partial charge is 0.327 e. The van der Waals surface area contributed by atoms with Crippen molar-refractivity contribution in [3.05, 3.63) is 0 Å². The van der Waals surface area contributed by atoms with Crippen LogP contribution in [0, 0.1) is 0 Å². The molecule has 0 radical (unpaired) electrons. The molecule has 0 spiro atoms. The molecular weight excluding hydrogens is 188 g/mol. The molecule has 0 aromatic rings. The molecule has 4 nitrogen and oxygen atoms in total. The summed E-state index contributed by atoms with van der Waals surface area (Å²) in [6, 6.07) is 0.0715. The minimum atomic E-state index is -2.08. The van der Waals surface area contributed by atoms with Crippen LogP contribution in [0.25, 0.3) is 0 Å². The number of hydrogen-bond acceptors (Lipinski definition) is 4. The smallest absolute Gasteiger partial charge is 0.214 e. The Balaban J connectivity index is 2.92. The Bertz CT molecular complexity index is 300. The maximum absolute atomic E-state index is 10.9. The van der Waals surface area contributed by atoms with Gasteiger partial charge in [0.2, 0.25) is 10.3 Å². The van der Waals surface area contributed by atoms with Gasteiger partial charge >= 0.3 is 0 Å². The minimum Gasteiger partial charge on any atom is -0.327 e. The standard InChI is InChI=1S/C8H16N2O2S/c1-10(2)7-4-3-6(9)5-8(7)13(11)12/h6-7H,3-5,9H2,1-2H3. The highest BCUT2D eigenvalue weighted by Crippen LogP contribution is 2.17. The van der Waals surface area contributed by atoms with Gasteiger partial charge in [0.05, 0.1) is 4.86 Å². The number of rotatable bonds is 1. The van der Waals surface area contributed by atoms with Crippen molar-refractivity contribution in [3.8, 4) is 0 Å². The zero-order chi connectivity index (χ0) is 10.0. The Hall–Kier alpha value is -0.390. The van der Waals surface area contributed by atoms with Crippen LogP contribution < -0.4 is 5.73 Å². The summed E-state index contributed by atoms with van der Waals surface area (Å²) in [6.45, 7) is 0. The van der Waals surface area contributed by atoms with Gasteiger partial charge in [0.25, 0.3) is 0 Å². The molecule has 76 valence electrons. The lowest BCUT2D eigenvalue weighted by Gasteiger charge is -2.31. The van der Waals surface area contributed by atoms with Crippen molar-refractivity contribution in [1.82, 2.24) is 4.90 Å². The molecule has 0 saturated heterocycles. The average Bonchev–Trinajstić information content (AvgIpc) is 2.03. The van der Waals surface area contributed by atoms with Gasteiger partial charge in [-0.1, -0.05) is 0 Å². The zero-order valence-corrected chi connectivity index (χ0v) is 8.84. The second-order valence-corrected chi connectivity index (χ2v) is 4.72. The van der Waals surface area contributed by atoms with Gasteiger partial charge in [-0.05, 0) is 33.4 Å². The molecular formula is C8H16N2O2S. The van der Waals surface area contributed by atoms with Crippen LogP contribution in [0.3, 0.4) is 0 Å². The molecule has 0 amide bonds. The van der Waals surface area contributed by atoms with Crippen LogP contribution in [-0.2, 0) is 10.3 Å². The predicted octanol–water partition coefficient (Wildman–Crippen LogP) is -0.521. The van der Waals surface area contributed by atoms with Gasteiger partial charge < -0.3 is 10.6 Å². The summed E-state index contributed by atoms with van der Waals surface area (Å²) in [6.07, 6.45) is 2.26. The highest BCUT2D eigenvalue weighted by atomic mass is 32.2. The van der Waals surface area contributed by atoms with Gasteiger partial charge in [0.15, 0.2) is 0 Å². The topological polar surface area (TPSA) is 63.4 Å². The molecule has 2 atom stereocenters. The van der Waals surface area contributed by atoms with Crippen molar-refractivity contribution >= 4 is 15.2 Å². The lowest BCUT2D eigenvalue weighted by atomic mass is 9.91. The van der Waals surface area contributed by atoms with Gasteiger partial charge in [0, 0.05) is 12.1 Å². The molecule has 0 aliphatic heterocycles. The first-order chi connectivity index (χ1) is 6.02. The number of hydrogen-bond donors (Lipinski definition) is 1. The summed E-state index contributed by atoms with van der Waals surface area (Å²) in [5, 5.41) is 0. The van der Waals surface area contributed by atoms with Gasteiger partial charge in [-0.15, -0.1) is 0 Å². The fraction of sp³-hybridized carbons (Fsp3) is 0.875. The third kappa shape index (κ3) is 2.52. The molecule has 1 aliphatic carbocycles. The minimum absolute atomic E-state index is 0.0177. The van der Waals surface area contributed by atoms with Gasteiger partial charge in [-0.3, -0.25) is 0 Å². The third-order valence-electron chi connectivity index (χ3n) is 2.48. The van der Waals surface area contributed by atoms with Crippen LogP contribution in [0.15, 0.2) is 0 Å². The van der Waals surface area contributed by atoms with E-state index in [1.54, 1.807) is 0 Å². The van der Waals surface area contributed by atoms with E-state index in [0.717, 1.165) is 12.8 Å². The Kier molecular flexibility index (Phi) is 3.47. The van der Waals surface area contributed by atoms with Crippen molar-refractivity contribution < 1.29 is 8.42 Å². The molecule has 5 heteroatoms. The SMILES string of the molecule is CN(C)C1CCC(N)CC1=S(=O)=O. The van der Waals surface area contributed by atoms with Gasteiger partial charge in [-0.2, -0.15) is 8.42 Å². The van der Waals surface area contributed by atoms with Gasteiger partial charge in [-0.25, -0.2) is 0 Å². The van der Waals surface area contributed by atoms with Crippen LogP contribution in [0.4, 0.5) is 0 Å². The van der Waals surface area contributed by atoms with E-state index in [1.807, 2.05) is 19.0 Å². The highest BCUT2D eigenvalue weighted by Gasteiger charge is 2.27. The molecule has 0 aromatic heterocycles. The quantitative estimate of drug-likeness (QED) is 0.584. The summed E-state index contributed by atoms with van der Waals surface area (Å²) in [5.41, 5.74) is 5.71. The maximum Gasteiger partial charge on any atom is 0.214 e. The number of nitrogens with two attached hydrogens (primary N) is 1. The van der Waals surface area contributed by atoms with E-state index in [1.165, 1.54) is 0 Å². The maximum atomic E-state index is 10.9. The molecule has 0 bridgehead atoms. The first-order valence-corrected chi connectivity index (χ1v) is 5.47. The molecule has 0 heterocycles. The predicted molar refractivity (Wildman–Crippen MR) is 53.2 cm³/mol. The van der Waals surface area contributed by atoms with Crippen molar-refractivity contribution in [2.45, 2.75) is 31.3 Å². The van der Waals surface area contributed by atoms with Crippen molar-refractivity contribution in [2.24, 2.45) is 5.73 Å². The van der Waals surface area contributed by atoms with E-state index in [-0.39, 0.29) is 12.1 Å². The van der Waals surface area contributed by atoms with Crippen LogP contribution in [-0.4, -0.2) is 44.4 Å². The molecule has 2 unspecified atom stereocenters. The normalized spacial score (nSPS) is 29.4. The second-order valence-electron chi connectivity index (χ2n) is 3.72. The molecule has 2 N–H and O–H groups in total. The summed E-state index contributed by atoms with van der Waals surface area (Å²) < 4.78 is 21.8. The first kappa shape index (κ1) is 10.7. The summed E-state index contributed by atoms with van der Waals surface area (Å²) in [7, 11) is 1.72. The van der Waals surface area contributed by atoms with Crippen LogP contribution in [0.2, 0.25) is 0 Å². The Morgan fingerprint density at radius 2 is 2.00 bits per heavy atom. The lowest BCUT2D eigenvalue weighted by Crippen LogP contribution is -2.44. The van der Waals surface area contributed by atoms with E-state index in [9.17, 15) is 8.42 Å². The van der Waals surface area contributed by atoms with Crippen LogP contribution >= 0.6 is 0 Å². The van der Waals surface area contributed by atoms with E-state index < -0.39 is 10.3 Å². The Morgan fingerprint density at radius 3 is 2.46 bits per heavy atom. The Labute approximate surface area is 80.2 Å². The van der Waals surface area contributed by atoms with E-state index >= 15 is 0 Å². The number of nitrogens with zero attached hydrogens (tertiary/aromatic N) is 1. The van der Waals surface area contributed by atoms with Crippen LogP contribution in [0.1, 0.15) is 19.3 Å². The molecule has 13 heavy (non-hydrogen) atoms.